The van der Waals surface area contributed by atoms with E-state index in [1.54, 1.807) is 0 Å². The summed E-state index contributed by atoms with van der Waals surface area (Å²) in [7, 11) is -2.56. The highest BCUT2D eigenvalue weighted by Crippen LogP contribution is 2.52. The zero-order valence-corrected chi connectivity index (χ0v) is 10.2. The first-order valence-electron chi connectivity index (χ1n) is 5.37. The van der Waals surface area contributed by atoms with Gasteiger partial charge in [0.05, 0.1) is 0 Å². The molecule has 0 spiro atoms. The maximum Gasteiger partial charge on any atom is 0.338 e. The summed E-state index contributed by atoms with van der Waals surface area (Å²) in [5.74, 6) is -0.207. The number of carbonyl (C=O) groups is 1. The van der Waals surface area contributed by atoms with Crippen LogP contribution in [0.15, 0.2) is 0 Å². The Labute approximate surface area is 90.6 Å². The molecule has 1 aliphatic rings. The van der Waals surface area contributed by atoms with E-state index in [0.717, 1.165) is 32.1 Å². The molecule has 0 amide bonds. The van der Waals surface area contributed by atoms with Gasteiger partial charge in [-0.15, -0.1) is 0 Å². The van der Waals surface area contributed by atoms with E-state index >= 15 is 0 Å². The highest BCUT2D eigenvalue weighted by Gasteiger charge is 2.41. The molecule has 0 heterocycles. The van der Waals surface area contributed by atoms with Crippen LogP contribution in [-0.4, -0.2) is 23.4 Å². The van der Waals surface area contributed by atoms with Crippen molar-refractivity contribution in [3.8, 4) is 0 Å². The Hall–Kier alpha value is -0.180. The molecule has 1 rings (SSSR count). The molecule has 5 heteroatoms. The van der Waals surface area contributed by atoms with E-state index in [9.17, 15) is 14.3 Å². The first kappa shape index (κ1) is 12.9. The molecule has 0 aliphatic heterocycles. The lowest BCUT2D eigenvalue weighted by Gasteiger charge is -2.30. The van der Waals surface area contributed by atoms with Crippen molar-refractivity contribution in [1.82, 2.24) is 0 Å². The SMILES string of the molecule is COP(=O)(O)C(C(C)=O)C1CCCCC1. The first-order chi connectivity index (χ1) is 6.99. The zero-order chi connectivity index (χ0) is 11.5. The fraction of sp³-hybridized carbons (Fsp3) is 0.900. The number of Topliss-reactive ketones (excluding diaryl/α,β-unsaturated/α-hetero) is 1. The lowest BCUT2D eigenvalue weighted by Crippen LogP contribution is -2.30. The molecular formula is C10H19O4P. The van der Waals surface area contributed by atoms with E-state index in [1.807, 2.05) is 0 Å². The number of ketones is 1. The van der Waals surface area contributed by atoms with Crippen molar-refractivity contribution < 1.29 is 18.8 Å². The van der Waals surface area contributed by atoms with E-state index in [4.69, 9.17) is 0 Å². The molecule has 2 atom stereocenters. The van der Waals surface area contributed by atoms with E-state index in [-0.39, 0.29) is 11.7 Å². The molecule has 1 aliphatic carbocycles. The van der Waals surface area contributed by atoms with Crippen LogP contribution in [0.25, 0.3) is 0 Å². The Morgan fingerprint density at radius 1 is 1.40 bits per heavy atom. The molecule has 88 valence electrons. The van der Waals surface area contributed by atoms with E-state index in [0.29, 0.717) is 0 Å². The minimum Gasteiger partial charge on any atom is -0.324 e. The third-order valence-corrected chi connectivity index (χ3v) is 5.14. The smallest absolute Gasteiger partial charge is 0.324 e. The van der Waals surface area contributed by atoms with Gasteiger partial charge in [-0.05, 0) is 25.7 Å². The van der Waals surface area contributed by atoms with Crippen molar-refractivity contribution in [2.75, 3.05) is 7.11 Å². The number of hydrogen-bond acceptors (Lipinski definition) is 3. The molecule has 2 unspecified atom stereocenters. The van der Waals surface area contributed by atoms with Crippen LogP contribution >= 0.6 is 7.60 Å². The van der Waals surface area contributed by atoms with Crippen LogP contribution in [0, 0.1) is 5.92 Å². The minimum atomic E-state index is -3.76. The average molecular weight is 234 g/mol. The Morgan fingerprint density at radius 3 is 2.33 bits per heavy atom. The molecule has 1 saturated carbocycles. The topological polar surface area (TPSA) is 63.6 Å². The Balaban J connectivity index is 2.81. The van der Waals surface area contributed by atoms with Crippen molar-refractivity contribution in [2.45, 2.75) is 44.7 Å². The molecule has 0 saturated heterocycles. The van der Waals surface area contributed by atoms with E-state index in [1.165, 1.54) is 14.0 Å². The molecule has 15 heavy (non-hydrogen) atoms. The van der Waals surface area contributed by atoms with Crippen LogP contribution < -0.4 is 0 Å². The van der Waals surface area contributed by atoms with Gasteiger partial charge in [0.1, 0.15) is 11.4 Å². The molecular weight excluding hydrogens is 215 g/mol. The number of rotatable bonds is 4. The van der Waals surface area contributed by atoms with Gasteiger partial charge in [0.15, 0.2) is 0 Å². The molecule has 1 N–H and O–H groups in total. The van der Waals surface area contributed by atoms with Gasteiger partial charge in [-0.1, -0.05) is 19.3 Å². The highest BCUT2D eigenvalue weighted by molar-refractivity contribution is 7.54. The summed E-state index contributed by atoms with van der Waals surface area (Å²) in [5.41, 5.74) is -0.817. The van der Waals surface area contributed by atoms with Crippen LogP contribution in [0.3, 0.4) is 0 Å². The fourth-order valence-electron chi connectivity index (χ4n) is 2.39. The predicted octanol–water partition coefficient (Wildman–Crippen LogP) is 2.36. The number of carbonyl (C=O) groups excluding carboxylic acids is 1. The van der Waals surface area contributed by atoms with Crippen molar-refractivity contribution in [1.29, 1.82) is 0 Å². The molecule has 0 aromatic rings. The molecule has 0 bridgehead atoms. The summed E-state index contributed by atoms with van der Waals surface area (Å²) in [4.78, 5) is 21.1. The zero-order valence-electron chi connectivity index (χ0n) is 9.31. The van der Waals surface area contributed by atoms with Gasteiger partial charge in [-0.25, -0.2) is 0 Å². The lowest BCUT2D eigenvalue weighted by molar-refractivity contribution is -0.118. The molecule has 1 fully saturated rings. The Kier molecular flexibility index (Phi) is 4.50. The summed E-state index contributed by atoms with van der Waals surface area (Å²) in [5, 5.41) is 0. The average Bonchev–Trinajstić information content (AvgIpc) is 2.18. The number of hydrogen-bond donors (Lipinski definition) is 1. The molecule has 4 nitrogen and oxygen atoms in total. The third kappa shape index (κ3) is 3.13. The Morgan fingerprint density at radius 2 is 1.93 bits per heavy atom. The second-order valence-corrected chi connectivity index (χ2v) is 6.25. The van der Waals surface area contributed by atoms with Gasteiger partial charge in [0.25, 0.3) is 0 Å². The summed E-state index contributed by atoms with van der Waals surface area (Å²) in [6, 6.07) is 0. The predicted molar refractivity (Wildman–Crippen MR) is 57.9 cm³/mol. The summed E-state index contributed by atoms with van der Waals surface area (Å²) >= 11 is 0. The largest absolute Gasteiger partial charge is 0.338 e. The van der Waals surface area contributed by atoms with Gasteiger partial charge in [-0.3, -0.25) is 9.36 Å². The van der Waals surface area contributed by atoms with Crippen LogP contribution in [0.5, 0.6) is 0 Å². The van der Waals surface area contributed by atoms with Gasteiger partial charge in [0, 0.05) is 7.11 Å². The second-order valence-electron chi connectivity index (χ2n) is 4.20. The summed E-state index contributed by atoms with van der Waals surface area (Å²) < 4.78 is 16.3. The van der Waals surface area contributed by atoms with Crippen LogP contribution in [0.1, 0.15) is 39.0 Å². The fourth-order valence-corrected chi connectivity index (χ4v) is 3.91. The third-order valence-electron chi connectivity index (χ3n) is 3.13. The monoisotopic (exact) mass is 234 g/mol. The van der Waals surface area contributed by atoms with Crippen molar-refractivity contribution >= 4 is 13.4 Å². The minimum absolute atomic E-state index is 0.0204. The van der Waals surface area contributed by atoms with Crippen LogP contribution in [0.2, 0.25) is 0 Å². The van der Waals surface area contributed by atoms with E-state index < -0.39 is 13.3 Å². The maximum absolute atomic E-state index is 11.7. The molecule has 0 aromatic carbocycles. The van der Waals surface area contributed by atoms with Crippen molar-refractivity contribution in [2.24, 2.45) is 5.92 Å². The summed E-state index contributed by atoms with van der Waals surface area (Å²) in [6.07, 6.45) is 4.95. The lowest BCUT2D eigenvalue weighted by atomic mass is 9.85. The normalized spacial score (nSPS) is 24.5. The van der Waals surface area contributed by atoms with Crippen molar-refractivity contribution in [3.63, 3.8) is 0 Å². The Bertz CT molecular complexity index is 271. The molecule has 0 aromatic heterocycles. The molecule has 0 radical (unpaired) electrons. The van der Waals surface area contributed by atoms with Gasteiger partial charge < -0.3 is 9.42 Å². The van der Waals surface area contributed by atoms with Gasteiger partial charge >= 0.3 is 7.60 Å². The second kappa shape index (κ2) is 5.24. The quantitative estimate of drug-likeness (QED) is 0.758. The maximum atomic E-state index is 11.7. The summed E-state index contributed by atoms with van der Waals surface area (Å²) in [6.45, 7) is 1.38. The van der Waals surface area contributed by atoms with Gasteiger partial charge in [0.2, 0.25) is 0 Å². The van der Waals surface area contributed by atoms with Crippen LogP contribution in [-0.2, 0) is 13.9 Å². The van der Waals surface area contributed by atoms with Gasteiger partial charge in [-0.2, -0.15) is 0 Å². The highest BCUT2D eigenvalue weighted by atomic mass is 31.2. The first-order valence-corrected chi connectivity index (χ1v) is 7.02. The standard InChI is InChI=1S/C10H19O4P/c1-8(11)10(15(12,13)14-2)9-6-4-3-5-7-9/h9-10H,3-7H2,1-2H3,(H,12,13). The van der Waals surface area contributed by atoms with Crippen LogP contribution in [0.4, 0.5) is 0 Å². The van der Waals surface area contributed by atoms with Crippen molar-refractivity contribution in [3.05, 3.63) is 0 Å². The van der Waals surface area contributed by atoms with E-state index in [2.05, 4.69) is 4.52 Å².